The second-order valence-electron chi connectivity index (χ2n) is 2.59. The Kier molecular flexibility index (Phi) is 8.33. The highest BCUT2D eigenvalue weighted by Crippen LogP contribution is 2.07. The molecule has 0 amide bonds. The molecule has 1 atom stereocenters. The first-order valence-corrected chi connectivity index (χ1v) is 5.43. The van der Waals surface area contributed by atoms with Crippen LogP contribution in [-0.4, -0.2) is 24.5 Å². The smallest absolute Gasteiger partial charge is 0.333 e. The highest BCUT2D eigenvalue weighted by molar-refractivity contribution is 9.09. The van der Waals surface area contributed by atoms with Gasteiger partial charge >= 0.3 is 5.97 Å². The van der Waals surface area contributed by atoms with Crippen molar-refractivity contribution in [1.82, 2.24) is 0 Å². The molecule has 0 aliphatic carbocycles. The molecular formula is C10H15BrO3. The van der Waals surface area contributed by atoms with E-state index in [1.807, 2.05) is 0 Å². The molecule has 0 aromatic carbocycles. The van der Waals surface area contributed by atoms with Gasteiger partial charge in [-0.25, -0.2) is 4.79 Å². The van der Waals surface area contributed by atoms with Crippen LogP contribution in [0.5, 0.6) is 0 Å². The number of ether oxygens (including phenoxy) is 2. The molecule has 0 aliphatic heterocycles. The predicted molar refractivity (Wildman–Crippen MR) is 59.3 cm³/mol. The third kappa shape index (κ3) is 6.71. The highest BCUT2D eigenvalue weighted by Gasteiger charge is 2.04. The average molecular weight is 263 g/mol. The molecule has 80 valence electrons. The van der Waals surface area contributed by atoms with Gasteiger partial charge in [-0.15, -0.1) is 6.58 Å². The number of carbonyl (C=O) groups excluding carboxylic acids is 1. The van der Waals surface area contributed by atoms with E-state index in [1.54, 1.807) is 6.08 Å². The Morgan fingerprint density at radius 3 is 2.86 bits per heavy atom. The number of hydrogen-bond acceptors (Lipinski definition) is 3. The number of alkyl halides is 1. The van der Waals surface area contributed by atoms with Crippen molar-refractivity contribution in [2.24, 2.45) is 0 Å². The first kappa shape index (κ1) is 13.2. The summed E-state index contributed by atoms with van der Waals surface area (Å²) < 4.78 is 9.73. The van der Waals surface area contributed by atoms with Gasteiger partial charge in [0.25, 0.3) is 0 Å². The molecule has 0 spiro atoms. The van der Waals surface area contributed by atoms with Gasteiger partial charge in [0.05, 0.1) is 19.4 Å². The maximum atomic E-state index is 10.7. The van der Waals surface area contributed by atoms with E-state index in [0.29, 0.717) is 0 Å². The normalized spacial score (nSPS) is 12.4. The van der Waals surface area contributed by atoms with Crippen molar-refractivity contribution < 1.29 is 14.3 Å². The van der Waals surface area contributed by atoms with Crippen molar-refractivity contribution >= 4 is 21.9 Å². The van der Waals surface area contributed by atoms with Crippen LogP contribution in [0.2, 0.25) is 0 Å². The molecule has 3 nitrogen and oxygen atoms in total. The lowest BCUT2D eigenvalue weighted by Crippen LogP contribution is -2.09. The van der Waals surface area contributed by atoms with Gasteiger partial charge < -0.3 is 9.47 Å². The van der Waals surface area contributed by atoms with Crippen LogP contribution >= 0.6 is 15.9 Å². The molecule has 0 heterocycles. The molecule has 0 aromatic heterocycles. The Balaban J connectivity index is 3.85. The molecule has 14 heavy (non-hydrogen) atoms. The Hall–Kier alpha value is -0.770. The zero-order valence-electron chi connectivity index (χ0n) is 8.24. The van der Waals surface area contributed by atoms with E-state index in [-0.39, 0.29) is 6.10 Å². The third-order valence-electron chi connectivity index (χ3n) is 1.54. The lowest BCUT2D eigenvalue weighted by Gasteiger charge is -2.12. The molecule has 0 aromatic rings. The molecule has 0 N–H and O–H groups in total. The fraction of sp³-hybridized carbons (Fsp3) is 0.500. The number of rotatable bonds is 7. The number of carbonyl (C=O) groups is 1. The summed E-state index contributed by atoms with van der Waals surface area (Å²) in [7, 11) is 1.33. The first-order valence-electron chi connectivity index (χ1n) is 4.31. The van der Waals surface area contributed by atoms with Gasteiger partial charge in [-0.3, -0.25) is 0 Å². The van der Waals surface area contributed by atoms with E-state index in [4.69, 9.17) is 4.74 Å². The molecule has 0 aliphatic rings. The number of hydrogen-bond donors (Lipinski definition) is 0. The maximum Gasteiger partial charge on any atom is 0.333 e. The van der Waals surface area contributed by atoms with Gasteiger partial charge in [0.1, 0.15) is 6.10 Å². The van der Waals surface area contributed by atoms with Crippen molar-refractivity contribution in [3.8, 4) is 0 Å². The second kappa shape index (κ2) is 8.81. The van der Waals surface area contributed by atoms with Crippen LogP contribution in [0.25, 0.3) is 0 Å². The van der Waals surface area contributed by atoms with Crippen LogP contribution in [0, 0.1) is 0 Å². The fourth-order valence-electron chi connectivity index (χ4n) is 0.823. The monoisotopic (exact) mass is 262 g/mol. The fourth-order valence-corrected chi connectivity index (χ4v) is 1.33. The second-order valence-corrected chi connectivity index (χ2v) is 3.38. The van der Waals surface area contributed by atoms with Crippen LogP contribution < -0.4 is 0 Å². The van der Waals surface area contributed by atoms with Gasteiger partial charge in [-0.2, -0.15) is 0 Å². The van der Waals surface area contributed by atoms with Crippen molar-refractivity contribution in [2.75, 3.05) is 12.4 Å². The van der Waals surface area contributed by atoms with Crippen LogP contribution in [0.1, 0.15) is 12.8 Å². The summed E-state index contributed by atoms with van der Waals surface area (Å²) in [5.74, 6) is -0.416. The van der Waals surface area contributed by atoms with Gasteiger partial charge in [0.2, 0.25) is 0 Å². The molecule has 0 fully saturated rings. The number of esters is 1. The zero-order chi connectivity index (χ0) is 10.8. The summed E-state index contributed by atoms with van der Waals surface area (Å²) in [4.78, 5) is 10.7. The maximum absolute atomic E-state index is 10.7. The van der Waals surface area contributed by atoms with Crippen molar-refractivity contribution in [2.45, 2.75) is 18.9 Å². The summed E-state index contributed by atoms with van der Waals surface area (Å²) in [5, 5.41) is 0.859. The molecule has 0 saturated carbocycles. The molecule has 0 radical (unpaired) electrons. The van der Waals surface area contributed by atoms with Crippen molar-refractivity contribution in [3.63, 3.8) is 0 Å². The molecule has 0 unspecified atom stereocenters. The van der Waals surface area contributed by atoms with Crippen LogP contribution in [0.3, 0.4) is 0 Å². The summed E-state index contributed by atoms with van der Waals surface area (Å²) in [6.45, 7) is 3.63. The minimum atomic E-state index is -0.416. The van der Waals surface area contributed by atoms with E-state index in [2.05, 4.69) is 27.2 Å². The molecule has 0 bridgehead atoms. The summed E-state index contributed by atoms with van der Waals surface area (Å²) in [5.41, 5.74) is 0. The zero-order valence-corrected chi connectivity index (χ0v) is 9.83. The van der Waals surface area contributed by atoms with E-state index >= 15 is 0 Å². The summed E-state index contributed by atoms with van der Waals surface area (Å²) in [6.07, 6.45) is 6.11. The first-order chi connectivity index (χ1) is 6.74. The minimum absolute atomic E-state index is 0.0628. The van der Waals surface area contributed by atoms with Crippen molar-refractivity contribution in [1.29, 1.82) is 0 Å². The van der Waals surface area contributed by atoms with Gasteiger partial charge in [0, 0.05) is 11.8 Å². The lowest BCUT2D eigenvalue weighted by molar-refractivity contribution is -0.135. The van der Waals surface area contributed by atoms with Crippen molar-refractivity contribution in [3.05, 3.63) is 25.0 Å². The largest absolute Gasteiger partial charge is 0.497 e. The summed E-state index contributed by atoms with van der Waals surface area (Å²) in [6, 6.07) is 0. The van der Waals surface area contributed by atoms with Crippen LogP contribution in [-0.2, 0) is 14.3 Å². The van der Waals surface area contributed by atoms with Gasteiger partial charge in [-0.1, -0.05) is 22.0 Å². The van der Waals surface area contributed by atoms with E-state index < -0.39 is 5.97 Å². The average Bonchev–Trinajstić information content (AvgIpc) is 2.18. The lowest BCUT2D eigenvalue weighted by atomic mass is 10.2. The predicted octanol–water partition coefficient (Wildman–Crippen LogP) is 2.42. The SMILES string of the molecule is C=CC[C@H](CCBr)O/C=C/C(=O)OC. The molecule has 4 heteroatoms. The summed E-state index contributed by atoms with van der Waals surface area (Å²) >= 11 is 3.32. The quantitative estimate of drug-likeness (QED) is 0.233. The van der Waals surface area contributed by atoms with E-state index in [1.165, 1.54) is 19.4 Å². The van der Waals surface area contributed by atoms with Crippen LogP contribution in [0.15, 0.2) is 25.0 Å². The highest BCUT2D eigenvalue weighted by atomic mass is 79.9. The van der Waals surface area contributed by atoms with Crippen LogP contribution in [0.4, 0.5) is 0 Å². The Morgan fingerprint density at radius 1 is 1.64 bits per heavy atom. The molecule has 0 rings (SSSR count). The minimum Gasteiger partial charge on any atom is -0.497 e. The van der Waals surface area contributed by atoms with Gasteiger partial charge in [-0.05, 0) is 6.42 Å². The Morgan fingerprint density at radius 2 is 2.36 bits per heavy atom. The third-order valence-corrected chi connectivity index (χ3v) is 1.99. The molecule has 0 saturated heterocycles. The Labute approximate surface area is 92.9 Å². The van der Waals surface area contributed by atoms with E-state index in [0.717, 1.165) is 18.2 Å². The standard InChI is InChI=1S/C10H15BrO3/c1-3-4-9(5-7-11)14-8-6-10(12)13-2/h3,6,8-9H,1,4-5,7H2,2H3/b8-6+/t9-/m1/s1. The number of halogens is 1. The van der Waals surface area contributed by atoms with Gasteiger partial charge in [0.15, 0.2) is 0 Å². The Bertz CT molecular complexity index is 202. The number of methoxy groups -OCH3 is 1. The molecular weight excluding hydrogens is 248 g/mol. The topological polar surface area (TPSA) is 35.5 Å². The van der Waals surface area contributed by atoms with E-state index in [9.17, 15) is 4.79 Å².